The van der Waals surface area contributed by atoms with E-state index in [0.717, 1.165) is 38.9 Å². The third-order valence-electron chi connectivity index (χ3n) is 5.40. The van der Waals surface area contributed by atoms with Gasteiger partial charge in [-0.25, -0.2) is 0 Å². The Labute approximate surface area is 202 Å². The fourth-order valence-corrected chi connectivity index (χ4v) is 3.68. The molecule has 2 aromatic carbocycles. The number of amides is 1. The van der Waals surface area contributed by atoms with Crippen molar-refractivity contribution in [3.05, 3.63) is 71.8 Å². The Morgan fingerprint density at radius 3 is 2.19 bits per heavy atom. The molecule has 1 saturated heterocycles. The average molecular weight is 535 g/mol. The predicted octanol–water partition coefficient (Wildman–Crippen LogP) is 2.79. The van der Waals surface area contributed by atoms with Crippen molar-refractivity contribution in [3.8, 4) is 0 Å². The zero-order valence-electron chi connectivity index (χ0n) is 18.2. The van der Waals surface area contributed by atoms with Gasteiger partial charge in [0.25, 0.3) is 0 Å². The maximum atomic E-state index is 12.1. The van der Waals surface area contributed by atoms with Crippen molar-refractivity contribution in [3.63, 3.8) is 0 Å². The molecule has 0 spiro atoms. The summed E-state index contributed by atoms with van der Waals surface area (Å²) in [6.45, 7) is 3.98. The number of guanidine groups is 1. The van der Waals surface area contributed by atoms with Crippen LogP contribution in [0.3, 0.4) is 0 Å². The maximum Gasteiger partial charge on any atom is 0.239 e. The van der Waals surface area contributed by atoms with Crippen molar-refractivity contribution < 1.29 is 4.79 Å². The molecule has 0 saturated carbocycles. The maximum absolute atomic E-state index is 12.1. The van der Waals surface area contributed by atoms with Gasteiger partial charge in [0.1, 0.15) is 0 Å². The van der Waals surface area contributed by atoms with Gasteiger partial charge in [0.05, 0.1) is 6.54 Å². The summed E-state index contributed by atoms with van der Waals surface area (Å²) in [6.07, 6.45) is 2.97. The van der Waals surface area contributed by atoms with E-state index in [2.05, 4.69) is 68.3 Å². The molecule has 3 N–H and O–H groups in total. The molecule has 1 heterocycles. The molecule has 1 fully saturated rings. The number of likely N-dealkylation sites (tertiary alicyclic amines) is 1. The van der Waals surface area contributed by atoms with E-state index < -0.39 is 0 Å². The minimum atomic E-state index is -0.0217. The summed E-state index contributed by atoms with van der Waals surface area (Å²) in [6, 6.07) is 21.2. The minimum absolute atomic E-state index is 0. The van der Waals surface area contributed by atoms with Gasteiger partial charge in [0.2, 0.25) is 5.91 Å². The first-order valence-electron chi connectivity index (χ1n) is 10.8. The van der Waals surface area contributed by atoms with Gasteiger partial charge in [-0.15, -0.1) is 24.0 Å². The predicted molar refractivity (Wildman–Crippen MR) is 138 cm³/mol. The van der Waals surface area contributed by atoms with Crippen molar-refractivity contribution in [1.29, 1.82) is 0 Å². The van der Waals surface area contributed by atoms with E-state index in [1.54, 1.807) is 7.05 Å². The van der Waals surface area contributed by atoms with E-state index in [1.165, 1.54) is 11.1 Å². The molecule has 2 aromatic rings. The van der Waals surface area contributed by atoms with Gasteiger partial charge in [-0.2, -0.15) is 0 Å². The molecule has 1 amide bonds. The molecule has 0 atom stereocenters. The number of nitrogens with zero attached hydrogens (tertiary/aromatic N) is 2. The van der Waals surface area contributed by atoms with Gasteiger partial charge in [0.15, 0.2) is 5.96 Å². The summed E-state index contributed by atoms with van der Waals surface area (Å²) in [5.74, 6) is 0.668. The van der Waals surface area contributed by atoms with Crippen LogP contribution in [-0.2, 0) is 17.8 Å². The Kier molecular flexibility index (Phi) is 11.4. The lowest BCUT2D eigenvalue weighted by Crippen LogP contribution is -2.50. The van der Waals surface area contributed by atoms with Crippen LogP contribution in [0.25, 0.3) is 0 Å². The second-order valence-corrected chi connectivity index (χ2v) is 7.69. The number of halogens is 1. The molecular formula is C24H34IN5O. The molecular weight excluding hydrogens is 501 g/mol. The second kappa shape index (κ2) is 14.0. The number of nitrogens with one attached hydrogen (secondary N) is 3. The lowest BCUT2D eigenvalue weighted by molar-refractivity contribution is -0.119. The number of piperidine rings is 1. The van der Waals surface area contributed by atoms with E-state index >= 15 is 0 Å². The highest BCUT2D eigenvalue weighted by Gasteiger charge is 2.20. The molecule has 0 aliphatic carbocycles. The van der Waals surface area contributed by atoms with Gasteiger partial charge >= 0.3 is 0 Å². The zero-order chi connectivity index (χ0) is 21.0. The molecule has 0 radical (unpaired) electrons. The highest BCUT2D eigenvalue weighted by atomic mass is 127. The van der Waals surface area contributed by atoms with Crippen LogP contribution in [0.1, 0.15) is 24.0 Å². The van der Waals surface area contributed by atoms with E-state index in [4.69, 9.17) is 0 Å². The Balaban J connectivity index is 0.00000341. The molecule has 3 rings (SSSR count). The van der Waals surface area contributed by atoms with Crippen LogP contribution < -0.4 is 16.0 Å². The summed E-state index contributed by atoms with van der Waals surface area (Å²) in [5.41, 5.74) is 2.58. The summed E-state index contributed by atoms with van der Waals surface area (Å²) >= 11 is 0. The molecule has 168 valence electrons. The van der Waals surface area contributed by atoms with Crippen molar-refractivity contribution in [2.75, 3.05) is 33.2 Å². The Hall–Kier alpha value is -2.13. The van der Waals surface area contributed by atoms with E-state index in [0.29, 0.717) is 18.5 Å². The number of carbonyl (C=O) groups excluding carboxylic acids is 1. The third kappa shape index (κ3) is 9.26. The highest BCUT2D eigenvalue weighted by Crippen LogP contribution is 2.13. The lowest BCUT2D eigenvalue weighted by Gasteiger charge is -2.33. The Bertz CT molecular complexity index is 792. The van der Waals surface area contributed by atoms with Crippen molar-refractivity contribution in [2.24, 2.45) is 4.99 Å². The van der Waals surface area contributed by atoms with Gasteiger partial charge in [0, 0.05) is 39.3 Å². The molecule has 0 unspecified atom stereocenters. The van der Waals surface area contributed by atoms with Crippen LogP contribution in [0, 0.1) is 0 Å². The summed E-state index contributed by atoms with van der Waals surface area (Å²) in [4.78, 5) is 18.9. The largest absolute Gasteiger partial charge is 0.354 e. The molecule has 1 aliphatic rings. The number of hydrogen-bond acceptors (Lipinski definition) is 3. The van der Waals surface area contributed by atoms with Crippen LogP contribution >= 0.6 is 24.0 Å². The first-order chi connectivity index (χ1) is 14.7. The number of benzene rings is 2. The summed E-state index contributed by atoms with van der Waals surface area (Å²) < 4.78 is 0. The first kappa shape index (κ1) is 25.1. The lowest BCUT2D eigenvalue weighted by atomic mass is 10.0. The van der Waals surface area contributed by atoms with Crippen LogP contribution in [-0.4, -0.2) is 56.0 Å². The van der Waals surface area contributed by atoms with Crippen molar-refractivity contribution in [1.82, 2.24) is 20.9 Å². The molecule has 31 heavy (non-hydrogen) atoms. The van der Waals surface area contributed by atoms with Gasteiger partial charge in [-0.1, -0.05) is 60.7 Å². The molecule has 0 aromatic heterocycles. The fraction of sp³-hybridized carbons (Fsp3) is 0.417. The summed E-state index contributed by atoms with van der Waals surface area (Å²) in [5, 5.41) is 9.54. The van der Waals surface area contributed by atoms with Crippen molar-refractivity contribution in [2.45, 2.75) is 31.8 Å². The summed E-state index contributed by atoms with van der Waals surface area (Å²) in [7, 11) is 1.74. The van der Waals surface area contributed by atoms with Crippen LogP contribution in [0.15, 0.2) is 65.7 Å². The third-order valence-corrected chi connectivity index (χ3v) is 5.40. The van der Waals surface area contributed by atoms with Crippen molar-refractivity contribution >= 4 is 35.8 Å². The standard InChI is InChI=1S/C24H33N5O.HI/c1-25-24(27-18-23(30)26-15-12-20-8-4-2-5-9-20)28-22-13-16-29(17-14-22)19-21-10-6-3-7-11-21;/h2-11,22H,12-19H2,1H3,(H,26,30)(H2,25,27,28);1H. The van der Waals surface area contributed by atoms with E-state index in [9.17, 15) is 4.79 Å². The SMILES string of the molecule is CN=C(NCC(=O)NCCc1ccccc1)NC1CCN(Cc2ccccc2)CC1.I. The van der Waals surface area contributed by atoms with Gasteiger partial charge in [-0.05, 0) is 30.4 Å². The van der Waals surface area contributed by atoms with E-state index in [-0.39, 0.29) is 36.4 Å². The molecule has 7 heteroatoms. The number of rotatable bonds is 8. The quantitative estimate of drug-likeness (QED) is 0.277. The Morgan fingerprint density at radius 2 is 1.58 bits per heavy atom. The number of hydrogen-bond donors (Lipinski definition) is 3. The number of aliphatic imine (C=N–C) groups is 1. The normalized spacial score (nSPS) is 15.1. The van der Waals surface area contributed by atoms with Crippen LogP contribution in [0.4, 0.5) is 0 Å². The van der Waals surface area contributed by atoms with Gasteiger partial charge < -0.3 is 16.0 Å². The zero-order valence-corrected chi connectivity index (χ0v) is 20.5. The van der Waals surface area contributed by atoms with Crippen LogP contribution in [0.2, 0.25) is 0 Å². The molecule has 1 aliphatic heterocycles. The molecule has 0 bridgehead atoms. The first-order valence-corrected chi connectivity index (χ1v) is 10.8. The van der Waals surface area contributed by atoms with E-state index in [1.807, 2.05) is 18.2 Å². The van der Waals surface area contributed by atoms with Crippen LogP contribution in [0.5, 0.6) is 0 Å². The average Bonchev–Trinajstić information content (AvgIpc) is 2.79. The van der Waals surface area contributed by atoms with Gasteiger partial charge in [-0.3, -0.25) is 14.7 Å². The Morgan fingerprint density at radius 1 is 0.968 bits per heavy atom. The minimum Gasteiger partial charge on any atom is -0.354 e. The highest BCUT2D eigenvalue weighted by molar-refractivity contribution is 14.0. The smallest absolute Gasteiger partial charge is 0.239 e. The second-order valence-electron chi connectivity index (χ2n) is 7.69. The topological polar surface area (TPSA) is 68.8 Å². The monoisotopic (exact) mass is 535 g/mol. The fourth-order valence-electron chi connectivity index (χ4n) is 3.68. The molecule has 6 nitrogen and oxygen atoms in total. The number of carbonyl (C=O) groups is 1.